The number of aromatic carboxylic acids is 1. The molecule has 4 aromatic rings. The molecule has 9 heteroatoms. The summed E-state index contributed by atoms with van der Waals surface area (Å²) < 4.78 is 69.5. The zero-order valence-corrected chi connectivity index (χ0v) is 20.7. The number of aromatic hydroxyl groups is 1. The van der Waals surface area contributed by atoms with Crippen molar-refractivity contribution in [3.05, 3.63) is 71.4 Å². The average Bonchev–Trinajstić information content (AvgIpc) is 3.21. The van der Waals surface area contributed by atoms with E-state index in [2.05, 4.69) is 0 Å². The van der Waals surface area contributed by atoms with Crippen LogP contribution in [0.1, 0.15) is 39.4 Å². The van der Waals surface area contributed by atoms with E-state index in [4.69, 9.17) is 18.3 Å². The number of ether oxygens (including phenoxy) is 3. The Morgan fingerprint density at radius 1 is 1.08 bits per heavy atom. The van der Waals surface area contributed by atoms with Gasteiger partial charge < -0.3 is 29.0 Å². The number of phenols is 1. The van der Waals surface area contributed by atoms with E-state index in [9.17, 15) is 23.8 Å². The van der Waals surface area contributed by atoms with Crippen LogP contribution in [0.4, 0.5) is 8.78 Å². The van der Waals surface area contributed by atoms with Gasteiger partial charge in [0.1, 0.15) is 22.9 Å². The molecule has 0 radical (unpaired) electrons. The van der Waals surface area contributed by atoms with Crippen molar-refractivity contribution < 1.29 is 42.1 Å². The Bertz CT molecular complexity index is 1660. The van der Waals surface area contributed by atoms with Gasteiger partial charge >= 0.3 is 5.97 Å². The highest BCUT2D eigenvalue weighted by Crippen LogP contribution is 2.53. The van der Waals surface area contributed by atoms with Crippen LogP contribution in [0.5, 0.6) is 17.2 Å². The first-order valence-corrected chi connectivity index (χ1v) is 11.9. The lowest BCUT2D eigenvalue weighted by Gasteiger charge is -2.43. The van der Waals surface area contributed by atoms with Gasteiger partial charge in [0.05, 0.1) is 35.8 Å². The number of benzene rings is 3. The van der Waals surface area contributed by atoms with E-state index in [1.54, 1.807) is 17.7 Å². The molecule has 0 aliphatic heterocycles. The molecule has 7 nitrogen and oxygen atoms in total. The molecular weight excluding hydrogens is 496 g/mol. The molecule has 1 heterocycles. The molecule has 1 aliphatic carbocycles. The summed E-state index contributed by atoms with van der Waals surface area (Å²) >= 11 is 0. The van der Waals surface area contributed by atoms with Gasteiger partial charge in [-0.15, -0.1) is 0 Å². The molecule has 0 saturated heterocycles. The molecular formula is C29H27F2NO6. The average molecular weight is 527 g/mol. The first-order valence-electron chi connectivity index (χ1n) is 13.4. The second-order valence-electron chi connectivity index (χ2n) is 9.38. The van der Waals surface area contributed by atoms with Gasteiger partial charge in [0, 0.05) is 41.6 Å². The van der Waals surface area contributed by atoms with Gasteiger partial charge in [-0.3, -0.25) is 0 Å². The van der Waals surface area contributed by atoms with Crippen molar-refractivity contribution in [2.75, 3.05) is 27.9 Å². The highest BCUT2D eigenvalue weighted by Gasteiger charge is 2.45. The maximum atomic E-state index is 14.9. The van der Waals surface area contributed by atoms with Gasteiger partial charge in [-0.05, 0) is 48.7 Å². The highest BCUT2D eigenvalue weighted by molar-refractivity contribution is 6.04. The third-order valence-electron chi connectivity index (χ3n) is 7.25. The summed E-state index contributed by atoms with van der Waals surface area (Å²) in [4.78, 5) is 11.8. The van der Waals surface area contributed by atoms with Gasteiger partial charge in [0.2, 0.25) is 0 Å². The minimum absolute atomic E-state index is 0.0722. The smallest absolute Gasteiger partial charge is 0.339 e. The Kier molecular flexibility index (Phi) is 5.57. The number of hydrogen-bond donors (Lipinski definition) is 2. The number of nitrogens with zero attached hydrogens (tertiary/aromatic N) is 1. The van der Waals surface area contributed by atoms with Crippen LogP contribution in [-0.2, 0) is 10.2 Å². The number of fused-ring (bicyclic) bond motifs is 1. The van der Waals surface area contributed by atoms with E-state index in [1.165, 1.54) is 37.4 Å². The molecule has 1 fully saturated rings. The molecule has 198 valence electrons. The van der Waals surface area contributed by atoms with Crippen LogP contribution in [0, 0.1) is 11.6 Å². The van der Waals surface area contributed by atoms with Crippen LogP contribution < -0.4 is 9.47 Å². The second-order valence-corrected chi connectivity index (χ2v) is 9.38. The number of aromatic nitrogens is 1. The zero-order chi connectivity index (χ0) is 29.7. The fraction of sp³-hybridized carbons (Fsp3) is 0.276. The molecule has 0 spiro atoms. The minimum Gasteiger partial charge on any atom is -0.507 e. The number of carbonyl (C=O) groups is 1. The van der Waals surface area contributed by atoms with Gasteiger partial charge in [0.25, 0.3) is 0 Å². The maximum Gasteiger partial charge on any atom is 0.339 e. The van der Waals surface area contributed by atoms with Crippen LogP contribution in [0.2, 0.25) is 0 Å². The van der Waals surface area contributed by atoms with Gasteiger partial charge in [0.15, 0.2) is 11.6 Å². The predicted molar refractivity (Wildman–Crippen MR) is 138 cm³/mol. The molecule has 0 bridgehead atoms. The second kappa shape index (κ2) is 9.64. The summed E-state index contributed by atoms with van der Waals surface area (Å²) in [6, 6.07) is 10.4. The number of rotatable bonds is 8. The van der Waals surface area contributed by atoms with Crippen molar-refractivity contribution >= 4 is 16.9 Å². The third-order valence-corrected chi connectivity index (χ3v) is 7.25. The zero-order valence-electron chi connectivity index (χ0n) is 23.7. The molecule has 38 heavy (non-hydrogen) atoms. The minimum atomic E-state index is -2.93. The monoisotopic (exact) mass is 526 g/mol. The first-order chi connectivity index (χ1) is 19.4. The molecule has 1 aliphatic rings. The van der Waals surface area contributed by atoms with E-state index < -0.39 is 35.8 Å². The Hall–Kier alpha value is -4.11. The van der Waals surface area contributed by atoms with Crippen LogP contribution in [0.15, 0.2) is 48.5 Å². The van der Waals surface area contributed by atoms with E-state index >= 15 is 0 Å². The van der Waals surface area contributed by atoms with Gasteiger partial charge in [-0.1, -0.05) is 12.5 Å². The Morgan fingerprint density at radius 3 is 2.50 bits per heavy atom. The Morgan fingerprint density at radius 2 is 1.87 bits per heavy atom. The molecule has 0 amide bonds. The van der Waals surface area contributed by atoms with Crippen LogP contribution in [0.3, 0.4) is 0 Å². The molecule has 0 atom stereocenters. The van der Waals surface area contributed by atoms with Crippen molar-refractivity contribution in [1.82, 2.24) is 4.57 Å². The molecule has 3 aromatic carbocycles. The lowest BCUT2D eigenvalue weighted by molar-refractivity contribution is 0.0693. The van der Waals surface area contributed by atoms with Gasteiger partial charge in [-0.2, -0.15) is 0 Å². The van der Waals surface area contributed by atoms with Crippen LogP contribution in [-0.4, -0.2) is 48.6 Å². The van der Waals surface area contributed by atoms with Crippen molar-refractivity contribution in [1.29, 1.82) is 0 Å². The summed E-state index contributed by atoms with van der Waals surface area (Å²) in [7, 11) is -0.0368. The van der Waals surface area contributed by atoms with Crippen LogP contribution >= 0.6 is 0 Å². The van der Waals surface area contributed by atoms with E-state index in [0.29, 0.717) is 29.7 Å². The van der Waals surface area contributed by atoms with Gasteiger partial charge in [-0.25, -0.2) is 13.6 Å². The normalized spacial score (nSPS) is 15.8. The molecule has 1 aromatic heterocycles. The number of phenolic OH excluding ortho intramolecular Hbond substituents is 1. The number of carboxylic acid groups (broad SMARTS) is 1. The third kappa shape index (κ3) is 3.94. The summed E-state index contributed by atoms with van der Waals surface area (Å²) in [5, 5.41) is 21.0. The van der Waals surface area contributed by atoms with Crippen molar-refractivity contribution in [3.8, 4) is 34.1 Å². The summed E-state index contributed by atoms with van der Waals surface area (Å²) in [5.41, 5.74) is 1.34. The topological polar surface area (TPSA) is 90.2 Å². The van der Waals surface area contributed by atoms with Crippen molar-refractivity contribution in [2.45, 2.75) is 24.7 Å². The van der Waals surface area contributed by atoms with E-state index in [1.807, 2.05) is 0 Å². The number of halogens is 2. The van der Waals surface area contributed by atoms with Crippen molar-refractivity contribution in [3.63, 3.8) is 0 Å². The Balaban J connectivity index is 1.93. The number of hydrogen-bond acceptors (Lipinski definition) is 5. The predicted octanol–water partition coefficient (Wildman–Crippen LogP) is 6.06. The number of methoxy groups -OCH3 is 3. The van der Waals surface area contributed by atoms with E-state index in [-0.39, 0.29) is 40.3 Å². The molecule has 2 N–H and O–H groups in total. The van der Waals surface area contributed by atoms with Crippen molar-refractivity contribution in [2.24, 2.45) is 0 Å². The Labute approximate surface area is 222 Å². The number of carboxylic acids is 1. The molecule has 0 unspecified atom stereocenters. The molecule has 5 rings (SSSR count). The lowest BCUT2D eigenvalue weighted by Crippen LogP contribution is -2.41. The molecule has 1 saturated carbocycles. The quantitative estimate of drug-likeness (QED) is 0.290. The summed E-state index contributed by atoms with van der Waals surface area (Å²) in [5.74, 6) is -3.65. The lowest BCUT2D eigenvalue weighted by atomic mass is 9.65. The first kappa shape index (κ1) is 21.9. The van der Waals surface area contributed by atoms with E-state index in [0.717, 1.165) is 18.6 Å². The SMILES string of the molecule is [2H]C([2H])([2H])Oc1cc(-n2c(C3(COC)CCC3)c(-c3ccc(C(=O)O)c(OC)c3)c3c(O)cc(F)cc32)ccc1F. The summed E-state index contributed by atoms with van der Waals surface area (Å²) in [6.07, 6.45) is 2.18. The highest BCUT2D eigenvalue weighted by atomic mass is 19.1. The standard InChI is InChI=1S/C29H27F2NO6/c1-36-15-29(9-4-10-29)27-25(16-5-7-19(28(34)35)23(11-16)37-2)26-21(12-17(30)13-22(26)33)32(27)18-6-8-20(31)24(14-18)38-3/h5-8,11-14,33H,4,9-10,15H2,1-3H3,(H,34,35)/i3D3. The maximum absolute atomic E-state index is 14.9. The summed E-state index contributed by atoms with van der Waals surface area (Å²) in [6.45, 7) is 0.254. The fourth-order valence-electron chi connectivity index (χ4n) is 5.48. The fourth-order valence-corrected chi connectivity index (χ4v) is 5.48. The largest absolute Gasteiger partial charge is 0.507 e. The van der Waals surface area contributed by atoms with Crippen LogP contribution in [0.25, 0.3) is 27.7 Å².